The van der Waals surface area contributed by atoms with Crippen molar-refractivity contribution in [2.75, 3.05) is 0 Å². The highest BCUT2D eigenvalue weighted by Crippen LogP contribution is 2.43. The van der Waals surface area contributed by atoms with Gasteiger partial charge in [0.05, 0.1) is 0 Å². The molecular weight excluding hydrogens is 380 g/mol. The van der Waals surface area contributed by atoms with Gasteiger partial charge in [-0.1, -0.05) is 118 Å². The Kier molecular flexibility index (Phi) is 8.74. The van der Waals surface area contributed by atoms with Crippen molar-refractivity contribution in [3.8, 4) is 11.1 Å². The van der Waals surface area contributed by atoms with E-state index in [1.807, 2.05) is 20.8 Å². The quantitative estimate of drug-likeness (QED) is 0.275. The van der Waals surface area contributed by atoms with Crippen LogP contribution in [0.5, 0.6) is 0 Å². The van der Waals surface area contributed by atoms with E-state index in [2.05, 4.69) is 99.3 Å². The first-order valence-electron chi connectivity index (χ1n) is 10.9. The average Bonchev–Trinajstić information content (AvgIpc) is 2.79. The molecule has 0 heterocycles. The van der Waals surface area contributed by atoms with Gasteiger partial charge in [0, 0.05) is 5.41 Å². The number of benzene rings is 3. The predicted molar refractivity (Wildman–Crippen MR) is 138 cm³/mol. The van der Waals surface area contributed by atoms with Crippen molar-refractivity contribution < 1.29 is 0 Å². The maximum atomic E-state index is 5.58. The maximum absolute atomic E-state index is 5.58. The van der Waals surface area contributed by atoms with E-state index in [9.17, 15) is 0 Å². The third-order valence-electron chi connectivity index (χ3n) is 5.53. The molecule has 0 nitrogen and oxygen atoms in total. The maximum Gasteiger partial charge on any atom is 0.0451 e. The Morgan fingerprint density at radius 2 is 1.37 bits per heavy atom. The molecule has 1 unspecified atom stereocenters. The van der Waals surface area contributed by atoms with Gasteiger partial charge in [-0.2, -0.15) is 0 Å². The van der Waals surface area contributed by atoms with Crippen molar-refractivity contribution in [3.05, 3.63) is 108 Å². The minimum atomic E-state index is -0.314. The summed E-state index contributed by atoms with van der Waals surface area (Å²) in [6.07, 6.45) is 1.82. The van der Waals surface area contributed by atoms with Crippen LogP contribution in [-0.4, -0.2) is 4.86 Å². The summed E-state index contributed by atoms with van der Waals surface area (Å²) < 4.78 is 0. The van der Waals surface area contributed by atoms with Crippen LogP contribution in [0.15, 0.2) is 91.0 Å². The molecule has 30 heavy (non-hydrogen) atoms. The highest BCUT2D eigenvalue weighted by molar-refractivity contribution is 7.80. The summed E-state index contributed by atoms with van der Waals surface area (Å²) >= 11 is 5.58. The molecule has 0 amide bonds. The minimum Gasteiger partial charge on any atom is -0.0989 e. The van der Waals surface area contributed by atoms with Crippen LogP contribution < -0.4 is 0 Å². The molecule has 0 aliphatic rings. The van der Waals surface area contributed by atoms with Crippen molar-refractivity contribution in [3.63, 3.8) is 0 Å². The van der Waals surface area contributed by atoms with Crippen LogP contribution in [0.3, 0.4) is 0 Å². The highest BCUT2D eigenvalue weighted by Gasteiger charge is 2.35. The third kappa shape index (κ3) is 5.15. The summed E-state index contributed by atoms with van der Waals surface area (Å²) in [6.45, 7) is 14.8. The van der Waals surface area contributed by atoms with Crippen LogP contribution in [0, 0.1) is 0 Å². The molecule has 1 heteroatoms. The molecule has 156 valence electrons. The number of allylic oxidation sites excluding steroid dienone is 1. The molecule has 0 aliphatic carbocycles. The lowest BCUT2D eigenvalue weighted by Crippen LogP contribution is -2.31. The molecule has 3 aromatic rings. The summed E-state index contributed by atoms with van der Waals surface area (Å²) in [7, 11) is 0. The van der Waals surface area contributed by atoms with Gasteiger partial charge in [0.15, 0.2) is 0 Å². The zero-order valence-electron chi connectivity index (χ0n) is 19.0. The summed E-state index contributed by atoms with van der Waals surface area (Å²) in [4.78, 5) is 0.991. The Bertz CT molecular complexity index is 984. The molecule has 0 radical (unpaired) electrons. The number of rotatable bonds is 7. The Morgan fingerprint density at radius 1 is 0.800 bits per heavy atom. The smallest absolute Gasteiger partial charge is 0.0451 e. The Balaban J connectivity index is 0.00000155. The zero-order chi connectivity index (χ0) is 22.1. The van der Waals surface area contributed by atoms with Crippen molar-refractivity contribution in [2.24, 2.45) is 0 Å². The van der Waals surface area contributed by atoms with Gasteiger partial charge in [-0.3, -0.25) is 0 Å². The molecule has 1 atom stereocenters. The molecule has 0 saturated heterocycles. The van der Waals surface area contributed by atoms with E-state index in [4.69, 9.17) is 12.2 Å². The minimum absolute atomic E-state index is 0.314. The fourth-order valence-corrected chi connectivity index (χ4v) is 4.26. The van der Waals surface area contributed by atoms with Crippen LogP contribution in [-0.2, 0) is 11.8 Å². The monoisotopic (exact) mass is 414 g/mol. The molecule has 0 spiro atoms. The van der Waals surface area contributed by atoms with E-state index in [-0.39, 0.29) is 5.41 Å². The second-order valence-electron chi connectivity index (χ2n) is 7.57. The van der Waals surface area contributed by atoms with E-state index in [1.54, 1.807) is 0 Å². The molecule has 3 rings (SSSR count). The molecule has 0 fully saturated rings. The van der Waals surface area contributed by atoms with Gasteiger partial charge in [0.1, 0.15) is 0 Å². The summed E-state index contributed by atoms with van der Waals surface area (Å²) in [5, 5.41) is 0. The van der Waals surface area contributed by atoms with Gasteiger partial charge < -0.3 is 0 Å². The third-order valence-corrected chi connectivity index (χ3v) is 5.68. The van der Waals surface area contributed by atoms with Gasteiger partial charge in [-0.05, 0) is 65.4 Å². The highest BCUT2D eigenvalue weighted by atomic mass is 32.1. The fraction of sp³-hybridized carbons (Fsp3) is 0.276. The second kappa shape index (κ2) is 11.0. The van der Waals surface area contributed by atoms with Gasteiger partial charge >= 0.3 is 0 Å². The topological polar surface area (TPSA) is 0 Å². The van der Waals surface area contributed by atoms with E-state index < -0.39 is 0 Å². The van der Waals surface area contributed by atoms with Crippen LogP contribution in [0.1, 0.15) is 57.7 Å². The molecule has 0 aromatic heterocycles. The lowest BCUT2D eigenvalue weighted by molar-refractivity contribution is 0.634. The number of thiocarbonyl (C=S) groups is 1. The number of hydrogen-bond donors (Lipinski definition) is 0. The van der Waals surface area contributed by atoms with Gasteiger partial charge in [-0.15, -0.1) is 0 Å². The zero-order valence-corrected chi connectivity index (χ0v) is 19.9. The summed E-state index contributed by atoms with van der Waals surface area (Å²) in [5.41, 5.74) is 7.13. The van der Waals surface area contributed by atoms with E-state index >= 15 is 0 Å². The largest absolute Gasteiger partial charge is 0.0989 e. The fourth-order valence-electron chi connectivity index (χ4n) is 4.05. The predicted octanol–water partition coefficient (Wildman–Crippen LogP) is 8.58. The first kappa shape index (κ1) is 23.8. The molecule has 0 saturated carbocycles. The van der Waals surface area contributed by atoms with Crippen molar-refractivity contribution in [1.82, 2.24) is 0 Å². The van der Waals surface area contributed by atoms with Gasteiger partial charge in [0.2, 0.25) is 0 Å². The molecular formula is C29H34S. The second-order valence-corrected chi connectivity index (χ2v) is 8.26. The Hall–Kier alpha value is -2.51. The number of hydrogen-bond acceptors (Lipinski definition) is 1. The molecule has 0 N–H and O–H groups in total. The number of aryl methyl sites for hydroxylation is 1. The van der Waals surface area contributed by atoms with E-state index in [1.165, 1.54) is 27.8 Å². The van der Waals surface area contributed by atoms with Crippen LogP contribution >= 0.6 is 12.2 Å². The first-order chi connectivity index (χ1) is 14.5. The van der Waals surface area contributed by atoms with Crippen LogP contribution in [0.25, 0.3) is 11.1 Å². The SMILES string of the molecule is C=C(C)C(CC(C)=S)(c1ccccc1)c1cccc(-c2cccc(CC)c2)c1.CC. The average molecular weight is 415 g/mol. The standard InChI is InChI=1S/C27H28S.C2H6/c1-5-22-11-9-12-23(17-22)24-13-10-16-26(18-24)27(20(2)3,19-21(4)28)25-14-7-6-8-15-25;1-2/h6-18H,2,5,19H2,1,3-4H3;1-2H3. The lowest BCUT2D eigenvalue weighted by atomic mass is 9.67. The van der Waals surface area contributed by atoms with Gasteiger partial charge in [-0.25, -0.2) is 0 Å². The lowest BCUT2D eigenvalue weighted by Gasteiger charge is -2.36. The Labute approximate surface area is 188 Å². The van der Waals surface area contributed by atoms with Crippen molar-refractivity contribution >= 4 is 17.1 Å². The molecule has 3 aromatic carbocycles. The van der Waals surface area contributed by atoms with Crippen molar-refractivity contribution in [2.45, 2.75) is 52.9 Å². The van der Waals surface area contributed by atoms with Crippen LogP contribution in [0.4, 0.5) is 0 Å². The summed E-state index contributed by atoms with van der Waals surface area (Å²) in [6, 6.07) is 28.3. The first-order valence-corrected chi connectivity index (χ1v) is 11.3. The normalized spacial score (nSPS) is 12.3. The molecule has 0 aliphatic heterocycles. The van der Waals surface area contributed by atoms with E-state index in [0.717, 1.165) is 23.3 Å². The van der Waals surface area contributed by atoms with E-state index in [0.29, 0.717) is 0 Å². The summed E-state index contributed by atoms with van der Waals surface area (Å²) in [5.74, 6) is 0. The van der Waals surface area contributed by atoms with Crippen LogP contribution in [0.2, 0.25) is 0 Å². The molecule has 0 bridgehead atoms. The Morgan fingerprint density at radius 3 is 1.93 bits per heavy atom. The van der Waals surface area contributed by atoms with Gasteiger partial charge in [0.25, 0.3) is 0 Å². The van der Waals surface area contributed by atoms with Crippen molar-refractivity contribution in [1.29, 1.82) is 0 Å².